The van der Waals surface area contributed by atoms with Gasteiger partial charge in [0.15, 0.2) is 5.82 Å². The van der Waals surface area contributed by atoms with E-state index in [1.165, 1.54) is 0 Å². The molecular formula is C17H18N6O2. The monoisotopic (exact) mass is 338 g/mol. The Hall–Kier alpha value is -3.03. The topological polar surface area (TPSA) is 98.7 Å². The lowest BCUT2D eigenvalue weighted by Gasteiger charge is -2.05. The summed E-state index contributed by atoms with van der Waals surface area (Å²) in [6.45, 7) is 3.81. The van der Waals surface area contributed by atoms with Gasteiger partial charge in [-0.1, -0.05) is 5.16 Å². The number of carbonyl (C=O) groups excluding carboxylic acids is 1. The van der Waals surface area contributed by atoms with Crippen LogP contribution in [-0.2, 0) is 0 Å². The third-order valence-electron chi connectivity index (χ3n) is 3.88. The van der Waals surface area contributed by atoms with E-state index in [2.05, 4.69) is 25.4 Å². The van der Waals surface area contributed by atoms with E-state index in [1.54, 1.807) is 23.3 Å². The summed E-state index contributed by atoms with van der Waals surface area (Å²) in [5, 5.41) is 6.82. The summed E-state index contributed by atoms with van der Waals surface area (Å²) < 4.78 is 6.99. The van der Waals surface area contributed by atoms with Gasteiger partial charge in [-0.2, -0.15) is 4.98 Å². The molecule has 0 radical (unpaired) electrons. The fraction of sp³-hybridized carbons (Fsp3) is 0.353. The summed E-state index contributed by atoms with van der Waals surface area (Å²) in [7, 11) is 0. The van der Waals surface area contributed by atoms with Crippen molar-refractivity contribution in [3.63, 3.8) is 0 Å². The normalized spacial score (nSPS) is 14.0. The Labute approximate surface area is 144 Å². The lowest BCUT2D eigenvalue weighted by atomic mass is 10.3. The van der Waals surface area contributed by atoms with E-state index < -0.39 is 0 Å². The quantitative estimate of drug-likeness (QED) is 0.766. The van der Waals surface area contributed by atoms with Crippen molar-refractivity contribution < 1.29 is 9.32 Å². The minimum atomic E-state index is -0.205. The van der Waals surface area contributed by atoms with Crippen LogP contribution in [0.15, 0.2) is 35.4 Å². The van der Waals surface area contributed by atoms with Crippen molar-refractivity contribution in [1.29, 1.82) is 0 Å². The zero-order valence-electron chi connectivity index (χ0n) is 14.0. The number of amides is 1. The maximum Gasteiger partial charge on any atom is 0.271 e. The second kappa shape index (κ2) is 6.12. The summed E-state index contributed by atoms with van der Waals surface area (Å²) in [6.07, 6.45) is 7.15. The van der Waals surface area contributed by atoms with Crippen LogP contribution in [0.5, 0.6) is 0 Å². The van der Waals surface area contributed by atoms with Gasteiger partial charge in [0.2, 0.25) is 0 Å². The van der Waals surface area contributed by atoms with Crippen LogP contribution >= 0.6 is 0 Å². The molecule has 0 atom stereocenters. The van der Waals surface area contributed by atoms with Crippen LogP contribution in [0.3, 0.4) is 0 Å². The van der Waals surface area contributed by atoms with Gasteiger partial charge in [0.05, 0.1) is 5.56 Å². The molecule has 0 spiro atoms. The summed E-state index contributed by atoms with van der Waals surface area (Å²) in [4.78, 5) is 24.9. The first-order valence-electron chi connectivity index (χ1n) is 8.25. The first kappa shape index (κ1) is 15.5. The Morgan fingerprint density at radius 1 is 1.32 bits per heavy atom. The number of nitrogens with one attached hydrogen (secondary N) is 1. The SMILES string of the molecule is CC(C)NC(=O)c1cn(-c2ccc(-c3nc(C4CC4)no3)cn2)cn1. The van der Waals surface area contributed by atoms with E-state index >= 15 is 0 Å². The van der Waals surface area contributed by atoms with Gasteiger partial charge in [0.1, 0.15) is 17.8 Å². The molecule has 3 aromatic rings. The summed E-state index contributed by atoms with van der Waals surface area (Å²) in [5.41, 5.74) is 1.12. The van der Waals surface area contributed by atoms with Gasteiger partial charge in [-0.3, -0.25) is 9.36 Å². The molecular weight excluding hydrogens is 320 g/mol. The molecule has 0 bridgehead atoms. The van der Waals surface area contributed by atoms with E-state index in [0.29, 0.717) is 23.3 Å². The lowest BCUT2D eigenvalue weighted by molar-refractivity contribution is 0.0938. The zero-order chi connectivity index (χ0) is 17.4. The second-order valence-corrected chi connectivity index (χ2v) is 6.43. The molecule has 0 aromatic carbocycles. The van der Waals surface area contributed by atoms with Gasteiger partial charge in [0.25, 0.3) is 11.8 Å². The van der Waals surface area contributed by atoms with Crippen molar-refractivity contribution in [1.82, 2.24) is 30.0 Å². The molecule has 128 valence electrons. The van der Waals surface area contributed by atoms with Crippen molar-refractivity contribution in [2.24, 2.45) is 0 Å². The van der Waals surface area contributed by atoms with Gasteiger partial charge in [-0.05, 0) is 38.8 Å². The van der Waals surface area contributed by atoms with Gasteiger partial charge >= 0.3 is 0 Å². The third-order valence-corrected chi connectivity index (χ3v) is 3.88. The standard InChI is InChI=1S/C17H18N6O2/c1-10(2)20-16(24)13-8-23(9-19-13)14-6-5-12(7-18-14)17-21-15(22-25-17)11-3-4-11/h5-11H,3-4H2,1-2H3,(H,20,24). The van der Waals surface area contributed by atoms with Gasteiger partial charge in [-0.15, -0.1) is 0 Å². The first-order valence-corrected chi connectivity index (χ1v) is 8.25. The molecule has 8 heteroatoms. The molecule has 8 nitrogen and oxygen atoms in total. The number of carbonyl (C=O) groups is 1. The largest absolute Gasteiger partial charge is 0.348 e. The minimum absolute atomic E-state index is 0.0602. The van der Waals surface area contributed by atoms with Crippen LogP contribution in [0.4, 0.5) is 0 Å². The number of hydrogen-bond donors (Lipinski definition) is 1. The van der Waals surface area contributed by atoms with Crippen molar-refractivity contribution >= 4 is 5.91 Å². The van der Waals surface area contributed by atoms with Crippen LogP contribution in [0.1, 0.15) is 48.9 Å². The number of rotatable bonds is 5. The van der Waals surface area contributed by atoms with Gasteiger partial charge in [0, 0.05) is 24.4 Å². The number of hydrogen-bond acceptors (Lipinski definition) is 6. The van der Waals surface area contributed by atoms with Crippen LogP contribution in [0.2, 0.25) is 0 Å². The second-order valence-electron chi connectivity index (χ2n) is 6.43. The maximum absolute atomic E-state index is 12.0. The molecule has 3 aromatic heterocycles. The number of imidazole rings is 1. The lowest BCUT2D eigenvalue weighted by Crippen LogP contribution is -2.30. The average Bonchev–Trinajstić information content (AvgIpc) is 3.13. The summed E-state index contributed by atoms with van der Waals surface area (Å²) in [5.74, 6) is 2.15. The van der Waals surface area contributed by atoms with E-state index in [9.17, 15) is 4.79 Å². The molecule has 0 unspecified atom stereocenters. The molecule has 1 fully saturated rings. The summed E-state index contributed by atoms with van der Waals surface area (Å²) in [6, 6.07) is 3.74. The fourth-order valence-electron chi connectivity index (χ4n) is 2.43. The predicted molar refractivity (Wildman–Crippen MR) is 89.2 cm³/mol. The molecule has 1 aliphatic carbocycles. The fourth-order valence-corrected chi connectivity index (χ4v) is 2.43. The maximum atomic E-state index is 12.0. The number of pyridine rings is 1. The van der Waals surface area contributed by atoms with E-state index in [1.807, 2.05) is 26.0 Å². The van der Waals surface area contributed by atoms with E-state index in [-0.39, 0.29) is 11.9 Å². The van der Waals surface area contributed by atoms with Gasteiger partial charge in [-0.25, -0.2) is 9.97 Å². The Bertz CT molecular complexity index is 892. The zero-order valence-corrected chi connectivity index (χ0v) is 14.0. The molecule has 25 heavy (non-hydrogen) atoms. The summed E-state index contributed by atoms with van der Waals surface area (Å²) >= 11 is 0. The number of nitrogens with zero attached hydrogens (tertiary/aromatic N) is 5. The molecule has 0 aliphatic heterocycles. The average molecular weight is 338 g/mol. The molecule has 1 N–H and O–H groups in total. The Morgan fingerprint density at radius 3 is 2.84 bits per heavy atom. The highest BCUT2D eigenvalue weighted by molar-refractivity contribution is 5.92. The van der Waals surface area contributed by atoms with Crippen LogP contribution in [0.25, 0.3) is 17.3 Å². The van der Waals surface area contributed by atoms with Crippen molar-refractivity contribution in [3.8, 4) is 17.3 Å². The molecule has 0 saturated heterocycles. The molecule has 1 aliphatic rings. The highest BCUT2D eigenvalue weighted by atomic mass is 16.5. The Kier molecular flexibility index (Phi) is 3.79. The van der Waals surface area contributed by atoms with E-state index in [4.69, 9.17) is 4.52 Å². The van der Waals surface area contributed by atoms with E-state index in [0.717, 1.165) is 24.2 Å². The van der Waals surface area contributed by atoms with Gasteiger partial charge < -0.3 is 9.84 Å². The van der Waals surface area contributed by atoms with Crippen LogP contribution in [0, 0.1) is 0 Å². The van der Waals surface area contributed by atoms with Crippen molar-refractivity contribution in [2.75, 3.05) is 0 Å². The third kappa shape index (κ3) is 3.28. The molecule has 1 amide bonds. The minimum Gasteiger partial charge on any atom is -0.348 e. The smallest absolute Gasteiger partial charge is 0.271 e. The predicted octanol–water partition coefficient (Wildman–Crippen LogP) is 2.33. The Balaban J connectivity index is 1.51. The molecule has 4 rings (SSSR count). The highest BCUT2D eigenvalue weighted by Crippen LogP contribution is 2.38. The number of aromatic nitrogens is 5. The Morgan fingerprint density at radius 2 is 2.16 bits per heavy atom. The highest BCUT2D eigenvalue weighted by Gasteiger charge is 2.29. The van der Waals surface area contributed by atoms with Crippen molar-refractivity contribution in [3.05, 3.63) is 42.4 Å². The molecule has 1 saturated carbocycles. The van der Waals surface area contributed by atoms with Crippen LogP contribution < -0.4 is 5.32 Å². The molecule has 3 heterocycles. The first-order chi connectivity index (χ1) is 12.1. The van der Waals surface area contributed by atoms with Crippen LogP contribution in [-0.4, -0.2) is 36.6 Å². The van der Waals surface area contributed by atoms with Crippen molar-refractivity contribution in [2.45, 2.75) is 38.6 Å².